The van der Waals surface area contributed by atoms with E-state index in [1.807, 2.05) is 42.5 Å². The maximum absolute atomic E-state index is 13.2. The third kappa shape index (κ3) is 7.79. The smallest absolute Gasteiger partial charge is 0.326 e. The van der Waals surface area contributed by atoms with E-state index in [1.54, 1.807) is 18.5 Å². The average molecular weight is 606 g/mol. The van der Waals surface area contributed by atoms with Crippen molar-refractivity contribution in [2.75, 3.05) is 6.61 Å². The Hall–Kier alpha value is -5.21. The van der Waals surface area contributed by atoms with Crippen molar-refractivity contribution < 1.29 is 34.2 Å². The van der Waals surface area contributed by atoms with Crippen LogP contribution in [0.4, 0.5) is 0 Å². The third-order valence-electron chi connectivity index (χ3n) is 7.29. The summed E-state index contributed by atoms with van der Waals surface area (Å²) in [6.07, 6.45) is 2.91. The quantitative estimate of drug-likeness (QED) is 0.0857. The number of aliphatic carboxylic acids is 1. The fraction of sp³-hybridized carbons (Fsp3) is 0.300. The van der Waals surface area contributed by atoms with E-state index in [4.69, 9.17) is 11.5 Å². The van der Waals surface area contributed by atoms with Gasteiger partial charge in [-0.1, -0.05) is 36.4 Å². The molecule has 0 spiro atoms. The lowest BCUT2D eigenvalue weighted by atomic mass is 10.0. The van der Waals surface area contributed by atoms with Crippen LogP contribution in [0.2, 0.25) is 0 Å². The van der Waals surface area contributed by atoms with Crippen molar-refractivity contribution in [1.29, 1.82) is 0 Å². The van der Waals surface area contributed by atoms with Crippen LogP contribution in [0.25, 0.3) is 21.8 Å². The zero-order valence-corrected chi connectivity index (χ0v) is 23.7. The van der Waals surface area contributed by atoms with E-state index in [-0.39, 0.29) is 25.7 Å². The number of carbonyl (C=O) groups is 5. The Morgan fingerprint density at radius 1 is 0.727 bits per heavy atom. The number of para-hydroxylation sites is 2. The first-order valence-corrected chi connectivity index (χ1v) is 14.0. The molecule has 14 nitrogen and oxygen atoms in total. The Balaban J connectivity index is 1.41. The number of hydrogen-bond acceptors (Lipinski definition) is 7. The van der Waals surface area contributed by atoms with Gasteiger partial charge < -0.3 is 47.6 Å². The molecule has 0 saturated heterocycles. The summed E-state index contributed by atoms with van der Waals surface area (Å²) in [5, 5.41) is 28.6. The van der Waals surface area contributed by atoms with Gasteiger partial charge in [0.1, 0.15) is 18.1 Å². The molecule has 0 saturated carbocycles. The summed E-state index contributed by atoms with van der Waals surface area (Å²) in [5.41, 5.74) is 14.4. The van der Waals surface area contributed by atoms with Crippen LogP contribution in [0.5, 0.6) is 0 Å². The van der Waals surface area contributed by atoms with Gasteiger partial charge in [-0.25, -0.2) is 4.79 Å². The van der Waals surface area contributed by atoms with Gasteiger partial charge in [-0.15, -0.1) is 0 Å². The number of aromatic amines is 2. The zero-order chi connectivity index (χ0) is 31.8. The third-order valence-corrected chi connectivity index (χ3v) is 7.29. The lowest BCUT2D eigenvalue weighted by Crippen LogP contribution is -2.58. The molecule has 0 radical (unpaired) electrons. The number of nitrogens with two attached hydrogens (primary N) is 2. The highest BCUT2D eigenvalue weighted by atomic mass is 16.4. The summed E-state index contributed by atoms with van der Waals surface area (Å²) < 4.78 is 0. The number of hydrogen-bond donors (Lipinski definition) is 9. The van der Waals surface area contributed by atoms with Gasteiger partial charge >= 0.3 is 5.97 Å². The van der Waals surface area contributed by atoms with Crippen LogP contribution < -0.4 is 27.4 Å². The number of amides is 4. The van der Waals surface area contributed by atoms with E-state index in [2.05, 4.69) is 25.9 Å². The molecule has 0 fully saturated rings. The second-order valence-corrected chi connectivity index (χ2v) is 10.4. The highest BCUT2D eigenvalue weighted by molar-refractivity contribution is 5.95. The molecule has 4 atom stereocenters. The summed E-state index contributed by atoms with van der Waals surface area (Å²) in [5.74, 6) is -4.60. The highest BCUT2D eigenvalue weighted by Gasteiger charge is 2.31. The van der Waals surface area contributed by atoms with E-state index in [0.29, 0.717) is 5.56 Å². The van der Waals surface area contributed by atoms with Crippen molar-refractivity contribution in [3.05, 3.63) is 72.1 Å². The predicted molar refractivity (Wildman–Crippen MR) is 161 cm³/mol. The van der Waals surface area contributed by atoms with Crippen molar-refractivity contribution in [1.82, 2.24) is 25.9 Å². The molecule has 2 heterocycles. The van der Waals surface area contributed by atoms with Crippen molar-refractivity contribution >= 4 is 51.4 Å². The van der Waals surface area contributed by atoms with Crippen LogP contribution in [0, 0.1) is 0 Å². The van der Waals surface area contributed by atoms with Crippen LogP contribution in [-0.2, 0) is 36.8 Å². The van der Waals surface area contributed by atoms with Gasteiger partial charge in [-0.2, -0.15) is 0 Å². The Kier molecular flexibility index (Phi) is 10.3. The maximum Gasteiger partial charge on any atom is 0.326 e. The van der Waals surface area contributed by atoms with E-state index >= 15 is 0 Å². The normalized spacial score (nSPS) is 14.0. The molecule has 4 unspecified atom stereocenters. The molecule has 4 aromatic rings. The standard InChI is InChI=1S/C30H35N7O7/c31-20(11-16-13-33-21-7-3-1-5-18(16)21)27(40)37-25(15-38)29(42)35-23(9-10-26(32)39)28(41)36-24(30(43)44)12-17-14-34-22-8-4-2-6-19(17)22/h1-8,13-14,20,23-25,33-34,38H,9-12,15,31H2,(H2,32,39)(H,35,42)(H,36,41)(H,37,40)(H,43,44). The van der Waals surface area contributed by atoms with Crippen LogP contribution in [0.1, 0.15) is 24.0 Å². The predicted octanol–water partition coefficient (Wildman–Crippen LogP) is -0.441. The van der Waals surface area contributed by atoms with Crippen LogP contribution >= 0.6 is 0 Å². The Labute approximate surface area is 251 Å². The highest BCUT2D eigenvalue weighted by Crippen LogP contribution is 2.20. The Morgan fingerprint density at radius 2 is 1.23 bits per heavy atom. The van der Waals surface area contributed by atoms with E-state index in [9.17, 15) is 34.2 Å². The largest absolute Gasteiger partial charge is 0.480 e. The monoisotopic (exact) mass is 605 g/mol. The molecule has 44 heavy (non-hydrogen) atoms. The number of carbonyl (C=O) groups excluding carboxylic acids is 4. The van der Waals surface area contributed by atoms with Gasteiger partial charge in [0.15, 0.2) is 0 Å². The van der Waals surface area contributed by atoms with Crippen molar-refractivity contribution in [2.24, 2.45) is 11.5 Å². The molecule has 4 amide bonds. The lowest BCUT2D eigenvalue weighted by Gasteiger charge is -2.24. The number of primary amides is 1. The molecule has 4 rings (SSSR count). The van der Waals surface area contributed by atoms with E-state index in [1.165, 1.54) is 0 Å². The first-order valence-electron chi connectivity index (χ1n) is 14.0. The van der Waals surface area contributed by atoms with Gasteiger partial charge in [0, 0.05) is 47.0 Å². The first-order chi connectivity index (χ1) is 21.1. The Bertz CT molecular complexity index is 1660. The second-order valence-electron chi connectivity index (χ2n) is 10.4. The van der Waals surface area contributed by atoms with Gasteiger partial charge in [0.2, 0.25) is 23.6 Å². The molecule has 2 aromatic carbocycles. The number of H-pyrrole nitrogens is 2. The van der Waals surface area contributed by atoms with Crippen molar-refractivity contribution in [3.8, 4) is 0 Å². The molecular formula is C30H35N7O7. The van der Waals surface area contributed by atoms with E-state index in [0.717, 1.165) is 27.4 Å². The van der Waals surface area contributed by atoms with Crippen molar-refractivity contribution in [2.45, 2.75) is 49.9 Å². The zero-order valence-electron chi connectivity index (χ0n) is 23.7. The van der Waals surface area contributed by atoms with Gasteiger partial charge in [0.05, 0.1) is 12.6 Å². The molecule has 232 valence electrons. The minimum absolute atomic E-state index is 0.0643. The average Bonchev–Trinajstić information content (AvgIpc) is 3.61. The molecule has 0 aliphatic carbocycles. The van der Waals surface area contributed by atoms with Gasteiger partial charge in [-0.3, -0.25) is 19.2 Å². The maximum atomic E-state index is 13.2. The number of carboxylic acids is 1. The molecule has 11 N–H and O–H groups in total. The number of fused-ring (bicyclic) bond motifs is 2. The SMILES string of the molecule is NC(=O)CCC(NC(=O)C(CO)NC(=O)C(N)Cc1c[nH]c2ccccc12)C(=O)NC(Cc1c[nH]c2ccccc12)C(=O)O. The summed E-state index contributed by atoms with van der Waals surface area (Å²) in [7, 11) is 0. The second kappa shape index (κ2) is 14.3. The van der Waals surface area contributed by atoms with Crippen LogP contribution in [0.15, 0.2) is 60.9 Å². The molecule has 2 aromatic heterocycles. The minimum atomic E-state index is -1.48. The van der Waals surface area contributed by atoms with Crippen LogP contribution in [0.3, 0.4) is 0 Å². The summed E-state index contributed by atoms with van der Waals surface area (Å²) >= 11 is 0. The topological polar surface area (TPSA) is 246 Å². The lowest BCUT2D eigenvalue weighted by molar-refractivity contribution is -0.142. The summed E-state index contributed by atoms with van der Waals surface area (Å²) in [6.45, 7) is -0.820. The summed E-state index contributed by atoms with van der Waals surface area (Å²) in [6, 6.07) is 9.42. The number of aliphatic hydroxyl groups is 1. The van der Waals surface area contributed by atoms with E-state index < -0.39 is 60.4 Å². The number of aromatic nitrogens is 2. The van der Waals surface area contributed by atoms with Gasteiger partial charge in [0.25, 0.3) is 0 Å². The fourth-order valence-corrected chi connectivity index (χ4v) is 4.92. The van der Waals surface area contributed by atoms with Crippen molar-refractivity contribution in [3.63, 3.8) is 0 Å². The number of aliphatic hydroxyl groups excluding tert-OH is 1. The number of benzene rings is 2. The molecule has 0 aliphatic heterocycles. The molecule has 14 heteroatoms. The first kappa shape index (κ1) is 31.7. The minimum Gasteiger partial charge on any atom is -0.480 e. The number of nitrogens with one attached hydrogen (secondary N) is 5. The molecule has 0 aliphatic rings. The molecular weight excluding hydrogens is 570 g/mol. The van der Waals surface area contributed by atoms with Gasteiger partial charge in [-0.05, 0) is 36.1 Å². The number of rotatable bonds is 15. The van der Waals surface area contributed by atoms with Crippen LogP contribution in [-0.4, -0.2) is 80.6 Å². The molecule has 0 bridgehead atoms. The summed E-state index contributed by atoms with van der Waals surface area (Å²) in [4.78, 5) is 68.8. The fourth-order valence-electron chi connectivity index (χ4n) is 4.92. The Morgan fingerprint density at radius 3 is 1.77 bits per heavy atom. The number of carboxylic acid groups (broad SMARTS) is 1.